The number of esters is 1. The summed E-state index contributed by atoms with van der Waals surface area (Å²) < 4.78 is 16.3. The number of carbonyl (C=O) groups excluding carboxylic acids is 2. The summed E-state index contributed by atoms with van der Waals surface area (Å²) in [6.45, 7) is 2.51. The fourth-order valence-corrected chi connectivity index (χ4v) is 3.65. The van der Waals surface area contributed by atoms with Crippen molar-refractivity contribution in [1.29, 1.82) is 0 Å². The van der Waals surface area contributed by atoms with Crippen LogP contribution in [0.3, 0.4) is 0 Å². The molecule has 2 aromatic carbocycles. The van der Waals surface area contributed by atoms with E-state index in [1.807, 2.05) is 18.2 Å². The van der Waals surface area contributed by atoms with Gasteiger partial charge in [-0.05, 0) is 55.5 Å². The summed E-state index contributed by atoms with van der Waals surface area (Å²) >= 11 is 0. The zero-order valence-corrected chi connectivity index (χ0v) is 15.8. The minimum absolute atomic E-state index is 0.0482. The lowest BCUT2D eigenvalue weighted by Crippen LogP contribution is -2.39. The van der Waals surface area contributed by atoms with Gasteiger partial charge in [0, 0.05) is 0 Å². The summed E-state index contributed by atoms with van der Waals surface area (Å²) in [7, 11) is 0. The van der Waals surface area contributed by atoms with Crippen LogP contribution in [0.4, 0.5) is 0 Å². The van der Waals surface area contributed by atoms with Crippen LogP contribution in [-0.4, -0.2) is 31.2 Å². The van der Waals surface area contributed by atoms with Crippen LogP contribution in [0.2, 0.25) is 0 Å². The van der Waals surface area contributed by atoms with E-state index in [1.54, 1.807) is 25.1 Å². The third-order valence-electron chi connectivity index (χ3n) is 5.12. The monoisotopic (exact) mass is 381 g/mol. The van der Waals surface area contributed by atoms with E-state index in [0.29, 0.717) is 30.3 Å². The van der Waals surface area contributed by atoms with Crippen molar-refractivity contribution in [2.75, 3.05) is 13.2 Å². The molecule has 0 radical (unpaired) electrons. The number of fused-ring (bicyclic) bond motifs is 2. The predicted molar refractivity (Wildman–Crippen MR) is 103 cm³/mol. The first-order valence-corrected chi connectivity index (χ1v) is 9.60. The van der Waals surface area contributed by atoms with Crippen LogP contribution in [0.25, 0.3) is 0 Å². The molecule has 6 nitrogen and oxygen atoms in total. The molecule has 1 aliphatic carbocycles. The molecule has 2 atom stereocenters. The number of hydrogen-bond acceptors (Lipinski definition) is 5. The summed E-state index contributed by atoms with van der Waals surface area (Å²) in [6.07, 6.45) is 2.03. The van der Waals surface area contributed by atoms with Gasteiger partial charge in [-0.15, -0.1) is 0 Å². The number of aryl methyl sites for hydroxylation is 1. The molecule has 0 bridgehead atoms. The quantitative estimate of drug-likeness (QED) is 0.824. The van der Waals surface area contributed by atoms with Gasteiger partial charge in [-0.3, -0.25) is 4.79 Å². The van der Waals surface area contributed by atoms with Crippen molar-refractivity contribution in [2.45, 2.75) is 38.3 Å². The average Bonchev–Trinajstić information content (AvgIpc) is 2.73. The second-order valence-electron chi connectivity index (χ2n) is 7.06. The topological polar surface area (TPSA) is 73.9 Å². The molecule has 2 unspecified atom stereocenters. The van der Waals surface area contributed by atoms with E-state index in [2.05, 4.69) is 11.4 Å². The van der Waals surface area contributed by atoms with Crippen LogP contribution >= 0.6 is 0 Å². The Balaban J connectivity index is 1.39. The van der Waals surface area contributed by atoms with Crippen molar-refractivity contribution in [3.63, 3.8) is 0 Å². The fourth-order valence-electron chi connectivity index (χ4n) is 3.65. The van der Waals surface area contributed by atoms with E-state index in [4.69, 9.17) is 14.2 Å². The standard InChI is InChI=1S/C22H23NO5/c1-14(21(24)23-18-8-4-6-15-5-2-3-7-17(15)18)28-22(25)16-9-10-19-20(13-16)27-12-11-26-19/h2-3,5,7,9-10,13-14,18H,4,6,8,11-12H2,1H3,(H,23,24). The van der Waals surface area contributed by atoms with Gasteiger partial charge < -0.3 is 19.5 Å². The first-order valence-electron chi connectivity index (χ1n) is 9.60. The fraction of sp³-hybridized carbons (Fsp3) is 0.364. The maximum absolute atomic E-state index is 12.6. The summed E-state index contributed by atoms with van der Waals surface area (Å²) in [5.41, 5.74) is 2.74. The van der Waals surface area contributed by atoms with Crippen molar-refractivity contribution in [2.24, 2.45) is 0 Å². The van der Waals surface area contributed by atoms with Gasteiger partial charge in [-0.1, -0.05) is 24.3 Å². The first kappa shape index (κ1) is 18.3. The van der Waals surface area contributed by atoms with E-state index >= 15 is 0 Å². The minimum atomic E-state index is -0.894. The highest BCUT2D eigenvalue weighted by molar-refractivity contribution is 5.93. The second-order valence-corrected chi connectivity index (χ2v) is 7.06. The van der Waals surface area contributed by atoms with Crippen molar-refractivity contribution < 1.29 is 23.8 Å². The van der Waals surface area contributed by atoms with Crippen LogP contribution in [-0.2, 0) is 16.0 Å². The van der Waals surface area contributed by atoms with Gasteiger partial charge in [-0.25, -0.2) is 4.79 Å². The smallest absolute Gasteiger partial charge is 0.339 e. The highest BCUT2D eigenvalue weighted by Gasteiger charge is 2.26. The van der Waals surface area contributed by atoms with Gasteiger partial charge in [0.25, 0.3) is 5.91 Å². The van der Waals surface area contributed by atoms with Crippen molar-refractivity contribution in [3.8, 4) is 11.5 Å². The van der Waals surface area contributed by atoms with E-state index in [-0.39, 0.29) is 11.9 Å². The van der Waals surface area contributed by atoms with Gasteiger partial charge in [0.2, 0.25) is 0 Å². The number of nitrogens with one attached hydrogen (secondary N) is 1. The molecule has 2 aromatic rings. The molecule has 0 aromatic heterocycles. The molecule has 6 heteroatoms. The highest BCUT2D eigenvalue weighted by atomic mass is 16.6. The Morgan fingerprint density at radius 1 is 1.11 bits per heavy atom. The number of rotatable bonds is 4. The number of hydrogen-bond donors (Lipinski definition) is 1. The molecule has 0 saturated heterocycles. The Morgan fingerprint density at radius 3 is 2.75 bits per heavy atom. The summed E-state index contributed by atoms with van der Waals surface area (Å²) in [6, 6.07) is 13.0. The summed E-state index contributed by atoms with van der Waals surface area (Å²) in [4.78, 5) is 25.0. The Labute approximate surface area is 163 Å². The number of benzene rings is 2. The van der Waals surface area contributed by atoms with Crippen molar-refractivity contribution in [1.82, 2.24) is 5.32 Å². The van der Waals surface area contributed by atoms with Gasteiger partial charge in [0.15, 0.2) is 17.6 Å². The number of ether oxygens (including phenoxy) is 3. The third-order valence-corrected chi connectivity index (χ3v) is 5.12. The van der Waals surface area contributed by atoms with Gasteiger partial charge in [0.05, 0.1) is 11.6 Å². The molecule has 4 rings (SSSR count). The van der Waals surface area contributed by atoms with Crippen molar-refractivity contribution >= 4 is 11.9 Å². The lowest BCUT2D eigenvalue weighted by atomic mass is 9.87. The van der Waals surface area contributed by atoms with Gasteiger partial charge >= 0.3 is 5.97 Å². The first-order chi connectivity index (χ1) is 13.6. The Hall–Kier alpha value is -3.02. The average molecular weight is 381 g/mol. The molecule has 0 fully saturated rings. The predicted octanol–water partition coefficient (Wildman–Crippen LogP) is 3.20. The Morgan fingerprint density at radius 2 is 1.89 bits per heavy atom. The van der Waals surface area contributed by atoms with Gasteiger partial charge in [0.1, 0.15) is 13.2 Å². The largest absolute Gasteiger partial charge is 0.486 e. The molecule has 1 heterocycles. The molecule has 1 amide bonds. The van der Waals surface area contributed by atoms with Crippen LogP contribution in [0, 0.1) is 0 Å². The van der Waals surface area contributed by atoms with E-state index in [1.165, 1.54) is 5.56 Å². The lowest BCUT2D eigenvalue weighted by Gasteiger charge is -2.27. The van der Waals surface area contributed by atoms with E-state index < -0.39 is 12.1 Å². The SMILES string of the molecule is CC(OC(=O)c1ccc2c(c1)OCCO2)C(=O)NC1CCCc2ccccc21. The number of amides is 1. The number of carbonyl (C=O) groups is 2. The normalized spacial score (nSPS) is 18.5. The maximum atomic E-state index is 12.6. The molecule has 0 saturated carbocycles. The second kappa shape index (κ2) is 7.92. The van der Waals surface area contributed by atoms with Gasteiger partial charge in [-0.2, -0.15) is 0 Å². The molecule has 1 N–H and O–H groups in total. The third kappa shape index (κ3) is 3.81. The van der Waals surface area contributed by atoms with Crippen LogP contribution in [0.5, 0.6) is 11.5 Å². The summed E-state index contributed by atoms with van der Waals surface area (Å²) in [5.74, 6) is 0.248. The van der Waals surface area contributed by atoms with Crippen molar-refractivity contribution in [3.05, 3.63) is 59.2 Å². The minimum Gasteiger partial charge on any atom is -0.486 e. The summed E-state index contributed by atoms with van der Waals surface area (Å²) in [5, 5.41) is 3.02. The zero-order valence-electron chi connectivity index (χ0n) is 15.8. The maximum Gasteiger partial charge on any atom is 0.339 e. The molecule has 1 aliphatic heterocycles. The van der Waals surface area contributed by atoms with Crippen LogP contribution in [0.1, 0.15) is 47.3 Å². The van der Waals surface area contributed by atoms with E-state index in [9.17, 15) is 9.59 Å². The molecular formula is C22H23NO5. The molecule has 146 valence electrons. The highest BCUT2D eigenvalue weighted by Crippen LogP contribution is 2.31. The molecular weight excluding hydrogens is 358 g/mol. The molecule has 28 heavy (non-hydrogen) atoms. The molecule has 2 aliphatic rings. The van der Waals surface area contributed by atoms with E-state index in [0.717, 1.165) is 24.8 Å². The molecule has 0 spiro atoms. The van der Waals surface area contributed by atoms with Crippen LogP contribution < -0.4 is 14.8 Å². The van der Waals surface area contributed by atoms with Crippen LogP contribution in [0.15, 0.2) is 42.5 Å². The lowest BCUT2D eigenvalue weighted by molar-refractivity contribution is -0.130. The Kier molecular flexibility index (Phi) is 5.19. The Bertz CT molecular complexity index is 894. The zero-order chi connectivity index (χ0) is 19.5.